The largest absolute Gasteiger partial charge is 0.413 e. The second-order valence-electron chi connectivity index (χ2n) is 13.4. The Labute approximate surface area is 229 Å². The molecule has 1 aromatic rings. The molecule has 0 spiro atoms. The van der Waals surface area contributed by atoms with Crippen LogP contribution in [-0.2, 0) is 29.8 Å². The normalized spacial score (nSPS) is 16.7. The molecule has 0 bridgehead atoms. The van der Waals surface area contributed by atoms with Crippen LogP contribution in [0.4, 0.5) is 0 Å². The molecule has 0 radical (unpaired) electrons. The van der Waals surface area contributed by atoms with Crippen molar-refractivity contribution < 1.29 is 23.2 Å². The summed E-state index contributed by atoms with van der Waals surface area (Å²) in [6.45, 7) is 27.4. The number of carbonyl (C=O) groups excluding carboxylic acids is 1. The summed E-state index contributed by atoms with van der Waals surface area (Å²) in [7, 11) is -1.18. The summed E-state index contributed by atoms with van der Waals surface area (Å²) in [6.07, 6.45) is -0.566. The van der Waals surface area contributed by atoms with Crippen molar-refractivity contribution in [3.8, 4) is 0 Å². The molecule has 0 unspecified atom stereocenters. The molecule has 1 aromatic carbocycles. The van der Waals surface area contributed by atoms with Crippen LogP contribution in [0.3, 0.4) is 0 Å². The number of rotatable bonds is 13. The van der Waals surface area contributed by atoms with E-state index in [9.17, 15) is 4.79 Å². The van der Waals surface area contributed by atoms with Crippen molar-refractivity contribution in [2.24, 2.45) is 11.8 Å². The van der Waals surface area contributed by atoms with Crippen LogP contribution in [0.5, 0.6) is 0 Å². The third kappa shape index (κ3) is 9.58. The lowest BCUT2D eigenvalue weighted by atomic mass is 9.89. The Morgan fingerprint density at radius 1 is 0.892 bits per heavy atom. The predicted molar refractivity (Wildman–Crippen MR) is 158 cm³/mol. The highest BCUT2D eigenvalue weighted by molar-refractivity contribution is 6.74. The van der Waals surface area contributed by atoms with Crippen molar-refractivity contribution in [2.75, 3.05) is 20.8 Å². The summed E-state index contributed by atoms with van der Waals surface area (Å²) in [5, 5.41) is 1.34. The van der Waals surface area contributed by atoms with E-state index in [-0.39, 0.29) is 34.1 Å². The molecule has 1 amide bonds. The van der Waals surface area contributed by atoms with Gasteiger partial charge in [-0.05, 0) is 41.8 Å². The first-order valence-electron chi connectivity index (χ1n) is 13.5. The standard InChI is InChI=1S/C29H55NO5Si2/c1-22(26(23(2)27(31)30(9)32-10)35-37(13,14)29(6,7)8)25(34-36(11,12)28(3,4)5)21-33-20-24-18-16-15-17-19-24/h15-19,22-23,25-26H,20-21H2,1-14H3/t22-,23+,25+,26-/m1/s1. The Balaban J connectivity index is 3.39. The van der Waals surface area contributed by atoms with Gasteiger partial charge in [0.1, 0.15) is 0 Å². The smallest absolute Gasteiger partial charge is 0.251 e. The quantitative estimate of drug-likeness (QED) is 0.190. The van der Waals surface area contributed by atoms with Gasteiger partial charge < -0.3 is 13.6 Å². The fourth-order valence-corrected chi connectivity index (χ4v) is 6.47. The zero-order valence-corrected chi connectivity index (χ0v) is 28.1. The molecule has 0 aliphatic heterocycles. The fourth-order valence-electron chi connectivity index (χ4n) is 3.63. The monoisotopic (exact) mass is 553 g/mol. The van der Waals surface area contributed by atoms with Gasteiger partial charge in [0.05, 0.1) is 38.4 Å². The maximum Gasteiger partial charge on any atom is 0.251 e. The molecule has 1 rings (SSSR count). The van der Waals surface area contributed by atoms with Gasteiger partial charge in [0.25, 0.3) is 5.91 Å². The molecule has 4 atom stereocenters. The Morgan fingerprint density at radius 3 is 1.84 bits per heavy atom. The minimum Gasteiger partial charge on any atom is -0.413 e. The number of nitrogens with zero attached hydrogens (tertiary/aromatic N) is 1. The van der Waals surface area contributed by atoms with Crippen LogP contribution >= 0.6 is 0 Å². The first-order chi connectivity index (χ1) is 16.7. The molecule has 8 heteroatoms. The molecule has 0 aromatic heterocycles. The van der Waals surface area contributed by atoms with E-state index in [4.69, 9.17) is 18.4 Å². The number of hydroxylamine groups is 2. The Hall–Kier alpha value is -1.04. The zero-order chi connectivity index (χ0) is 28.8. The second-order valence-corrected chi connectivity index (χ2v) is 22.9. The summed E-state index contributed by atoms with van der Waals surface area (Å²) < 4.78 is 20.2. The van der Waals surface area contributed by atoms with Crippen LogP contribution < -0.4 is 0 Å². The molecule has 0 fully saturated rings. The number of hydrogen-bond donors (Lipinski definition) is 0. The molecular weight excluding hydrogens is 498 g/mol. The first kappa shape index (κ1) is 34.0. The molecular formula is C29H55NO5Si2. The topological polar surface area (TPSA) is 57.2 Å². The number of amides is 1. The molecule has 37 heavy (non-hydrogen) atoms. The van der Waals surface area contributed by atoms with E-state index < -0.39 is 22.6 Å². The first-order valence-corrected chi connectivity index (χ1v) is 19.4. The summed E-state index contributed by atoms with van der Waals surface area (Å²) in [6, 6.07) is 10.2. The van der Waals surface area contributed by atoms with E-state index in [1.807, 2.05) is 25.1 Å². The predicted octanol–water partition coefficient (Wildman–Crippen LogP) is 7.28. The third-order valence-corrected chi connectivity index (χ3v) is 17.4. The summed E-state index contributed by atoms with van der Waals surface area (Å²) >= 11 is 0. The van der Waals surface area contributed by atoms with E-state index in [0.29, 0.717) is 13.2 Å². The van der Waals surface area contributed by atoms with Gasteiger partial charge in [-0.15, -0.1) is 0 Å². The van der Waals surface area contributed by atoms with Gasteiger partial charge in [0.15, 0.2) is 16.6 Å². The summed E-state index contributed by atoms with van der Waals surface area (Å²) in [5.41, 5.74) is 1.13. The van der Waals surface area contributed by atoms with Gasteiger partial charge in [0.2, 0.25) is 0 Å². The van der Waals surface area contributed by atoms with Crippen molar-refractivity contribution in [3.63, 3.8) is 0 Å². The lowest BCUT2D eigenvalue weighted by molar-refractivity contribution is -0.177. The summed E-state index contributed by atoms with van der Waals surface area (Å²) in [5.74, 6) is -0.591. The van der Waals surface area contributed by atoms with E-state index in [2.05, 4.69) is 86.8 Å². The van der Waals surface area contributed by atoms with E-state index >= 15 is 0 Å². The third-order valence-electron chi connectivity index (χ3n) is 8.45. The number of ether oxygens (including phenoxy) is 1. The molecule has 0 aliphatic rings. The SMILES string of the molecule is CON(C)C(=O)[C@@H](C)[C@H](O[Si](C)(C)C(C)(C)C)[C@H](C)[C@H](COCc1ccccc1)O[Si](C)(C)C(C)(C)C. The molecule has 0 saturated carbocycles. The molecule has 0 N–H and O–H groups in total. The van der Waals surface area contributed by atoms with Crippen LogP contribution in [0.2, 0.25) is 36.3 Å². The van der Waals surface area contributed by atoms with E-state index in [1.165, 1.54) is 12.2 Å². The van der Waals surface area contributed by atoms with Crippen molar-refractivity contribution in [1.82, 2.24) is 5.06 Å². The molecule has 6 nitrogen and oxygen atoms in total. The highest BCUT2D eigenvalue weighted by atomic mass is 28.4. The Morgan fingerprint density at radius 2 is 1.38 bits per heavy atom. The van der Waals surface area contributed by atoms with Crippen LogP contribution in [0.25, 0.3) is 0 Å². The molecule has 214 valence electrons. The van der Waals surface area contributed by atoms with Gasteiger partial charge in [-0.3, -0.25) is 9.63 Å². The second kappa shape index (κ2) is 13.4. The van der Waals surface area contributed by atoms with Crippen LogP contribution in [-0.4, -0.2) is 60.6 Å². The van der Waals surface area contributed by atoms with Crippen LogP contribution in [0.1, 0.15) is 61.0 Å². The lowest BCUT2D eigenvalue weighted by Crippen LogP contribution is -2.54. The van der Waals surface area contributed by atoms with Crippen LogP contribution in [0.15, 0.2) is 30.3 Å². The molecule has 0 saturated heterocycles. The van der Waals surface area contributed by atoms with Gasteiger partial charge >= 0.3 is 0 Å². The van der Waals surface area contributed by atoms with Crippen molar-refractivity contribution in [3.05, 3.63) is 35.9 Å². The highest BCUT2D eigenvalue weighted by Crippen LogP contribution is 2.42. The van der Waals surface area contributed by atoms with Crippen LogP contribution in [0, 0.1) is 11.8 Å². The fraction of sp³-hybridized carbons (Fsp3) is 0.759. The lowest BCUT2D eigenvalue weighted by Gasteiger charge is -2.46. The zero-order valence-electron chi connectivity index (χ0n) is 26.1. The van der Waals surface area contributed by atoms with E-state index in [0.717, 1.165) is 5.56 Å². The van der Waals surface area contributed by atoms with Gasteiger partial charge in [-0.25, -0.2) is 5.06 Å². The summed E-state index contributed by atoms with van der Waals surface area (Å²) in [4.78, 5) is 18.5. The van der Waals surface area contributed by atoms with Gasteiger partial charge in [-0.1, -0.05) is 85.7 Å². The van der Waals surface area contributed by atoms with E-state index in [1.54, 1.807) is 7.05 Å². The maximum atomic E-state index is 13.3. The maximum absolute atomic E-state index is 13.3. The van der Waals surface area contributed by atoms with Gasteiger partial charge in [-0.2, -0.15) is 0 Å². The number of hydrogen-bond acceptors (Lipinski definition) is 5. The average molecular weight is 554 g/mol. The minimum atomic E-state index is -2.21. The van der Waals surface area contributed by atoms with Crippen molar-refractivity contribution >= 4 is 22.5 Å². The Kier molecular flexibility index (Phi) is 12.3. The minimum absolute atomic E-state index is 0.000485. The highest BCUT2D eigenvalue weighted by Gasteiger charge is 2.47. The van der Waals surface area contributed by atoms with Gasteiger partial charge in [0, 0.05) is 13.0 Å². The molecule has 0 aliphatic carbocycles. The van der Waals surface area contributed by atoms with Crippen molar-refractivity contribution in [1.29, 1.82) is 0 Å². The number of carbonyl (C=O) groups is 1. The Bertz CT molecular complexity index is 833. The number of benzene rings is 1. The van der Waals surface area contributed by atoms with Crippen molar-refractivity contribution in [2.45, 2.75) is 110 Å². The average Bonchev–Trinajstić information content (AvgIpc) is 2.79. The molecule has 0 heterocycles.